The van der Waals surface area contributed by atoms with Crippen LogP contribution in [0, 0.1) is 0 Å². The minimum Gasteiger partial charge on any atom is -0.222 e. The summed E-state index contributed by atoms with van der Waals surface area (Å²) in [5.74, 6) is -2.91. The average Bonchev–Trinajstić information content (AvgIpc) is 2.26. The minimum absolute atomic E-state index is 0.0820. The highest BCUT2D eigenvalue weighted by Gasteiger charge is 2.43. The van der Waals surface area contributed by atoms with E-state index in [9.17, 15) is 8.78 Å². The van der Waals surface area contributed by atoms with Gasteiger partial charge in [0.1, 0.15) is 5.15 Å². The van der Waals surface area contributed by atoms with Crippen LogP contribution in [0.5, 0.6) is 0 Å². The maximum Gasteiger partial charge on any atom is 0.278 e. The molecular weight excluding hydrogens is 221 g/mol. The van der Waals surface area contributed by atoms with Gasteiger partial charge in [-0.1, -0.05) is 11.6 Å². The predicted octanol–water partition coefficient (Wildman–Crippen LogP) is 2.82. The molecule has 0 radical (unpaired) electrons. The van der Waals surface area contributed by atoms with Crippen molar-refractivity contribution in [2.45, 2.75) is 18.8 Å². The van der Waals surface area contributed by atoms with Crippen molar-refractivity contribution >= 4 is 23.2 Å². The van der Waals surface area contributed by atoms with Crippen molar-refractivity contribution < 1.29 is 8.78 Å². The summed E-state index contributed by atoms with van der Waals surface area (Å²) in [5.41, 5.74) is -0.00596. The molecule has 0 N–H and O–H groups in total. The number of hydrogen-bond donors (Lipinski definition) is 0. The molecule has 0 saturated heterocycles. The molecule has 0 amide bonds. The molecule has 1 aliphatic carbocycles. The Morgan fingerprint density at radius 3 is 2.62 bits per heavy atom. The fraction of sp³-hybridized carbons (Fsp3) is 0.429. The van der Waals surface area contributed by atoms with Crippen LogP contribution in [0.3, 0.4) is 0 Å². The van der Waals surface area contributed by atoms with Crippen LogP contribution in [-0.4, -0.2) is 9.97 Å². The molecule has 1 aromatic heterocycles. The Hall–Kier alpha value is -0.480. The lowest BCUT2D eigenvalue weighted by atomic mass is 10.2. The number of halogens is 4. The summed E-state index contributed by atoms with van der Waals surface area (Å²) in [6, 6.07) is 0. The number of aromatic nitrogens is 2. The van der Waals surface area contributed by atoms with Gasteiger partial charge in [-0.15, -0.1) is 0 Å². The van der Waals surface area contributed by atoms with Gasteiger partial charge >= 0.3 is 0 Å². The van der Waals surface area contributed by atoms with Crippen LogP contribution in [0.1, 0.15) is 17.7 Å². The lowest BCUT2D eigenvalue weighted by Gasteiger charge is -2.09. The molecule has 0 saturated carbocycles. The first-order valence-electron chi connectivity index (χ1n) is 3.61. The Morgan fingerprint density at radius 2 is 1.92 bits per heavy atom. The summed E-state index contributed by atoms with van der Waals surface area (Å²) in [7, 11) is 0. The number of aryl methyl sites for hydroxylation is 1. The van der Waals surface area contributed by atoms with Gasteiger partial charge in [-0.2, -0.15) is 0 Å². The van der Waals surface area contributed by atoms with E-state index >= 15 is 0 Å². The van der Waals surface area contributed by atoms with Crippen molar-refractivity contribution in [1.29, 1.82) is 0 Å². The van der Waals surface area contributed by atoms with Crippen molar-refractivity contribution in [2.24, 2.45) is 0 Å². The van der Waals surface area contributed by atoms with E-state index < -0.39 is 5.92 Å². The zero-order valence-corrected chi connectivity index (χ0v) is 7.83. The normalized spacial score (nSPS) is 18.8. The summed E-state index contributed by atoms with van der Waals surface area (Å²) in [6.07, 6.45) is -0.0681. The highest BCUT2D eigenvalue weighted by atomic mass is 35.5. The predicted molar refractivity (Wildman–Crippen MR) is 44.3 cm³/mol. The Bertz CT molecular complexity index is 368. The van der Waals surface area contributed by atoms with E-state index in [2.05, 4.69) is 9.97 Å². The van der Waals surface area contributed by atoms with Crippen LogP contribution < -0.4 is 0 Å². The smallest absolute Gasteiger partial charge is 0.222 e. The van der Waals surface area contributed by atoms with E-state index in [-0.39, 0.29) is 34.5 Å². The maximum absolute atomic E-state index is 13.1. The van der Waals surface area contributed by atoms with Crippen molar-refractivity contribution in [3.63, 3.8) is 0 Å². The first-order valence-corrected chi connectivity index (χ1v) is 4.36. The maximum atomic E-state index is 13.1. The van der Waals surface area contributed by atoms with Gasteiger partial charge in [0, 0.05) is 6.42 Å². The molecule has 1 heterocycles. The summed E-state index contributed by atoms with van der Waals surface area (Å²) < 4.78 is 26.2. The van der Waals surface area contributed by atoms with Crippen molar-refractivity contribution in [2.75, 3.05) is 0 Å². The van der Waals surface area contributed by atoms with Gasteiger partial charge in [0.25, 0.3) is 5.92 Å². The summed E-state index contributed by atoms with van der Waals surface area (Å²) in [5, 5.41) is -0.320. The molecule has 0 aromatic carbocycles. The van der Waals surface area contributed by atoms with Crippen molar-refractivity contribution in [3.05, 3.63) is 21.7 Å². The third kappa shape index (κ3) is 1.38. The zero-order chi connectivity index (χ0) is 9.64. The highest BCUT2D eigenvalue weighted by molar-refractivity contribution is 6.32. The molecule has 0 bridgehead atoms. The largest absolute Gasteiger partial charge is 0.278 e. The molecule has 0 unspecified atom stereocenters. The molecule has 0 atom stereocenters. The summed E-state index contributed by atoms with van der Waals surface area (Å²) >= 11 is 11.0. The van der Waals surface area contributed by atoms with Gasteiger partial charge in [0.05, 0.1) is 11.3 Å². The molecule has 0 aliphatic heterocycles. The quantitative estimate of drug-likeness (QED) is 0.501. The SMILES string of the molecule is FC1(F)CCc2nc(Cl)nc(Cl)c21. The molecule has 13 heavy (non-hydrogen) atoms. The molecule has 0 fully saturated rings. The minimum atomic E-state index is -2.91. The standard InChI is InChI=1S/C7H4Cl2F2N2/c8-5-4-3(12-6(9)13-5)1-2-7(4,10)11/h1-2H2. The van der Waals surface area contributed by atoms with Gasteiger partial charge in [0.15, 0.2) is 0 Å². The molecule has 70 valence electrons. The molecule has 1 aromatic rings. The zero-order valence-electron chi connectivity index (χ0n) is 6.32. The molecule has 6 heteroatoms. The number of alkyl halides is 2. The van der Waals surface area contributed by atoms with Crippen molar-refractivity contribution in [1.82, 2.24) is 9.97 Å². The van der Waals surface area contributed by atoms with Gasteiger partial charge in [-0.05, 0) is 18.0 Å². The van der Waals surface area contributed by atoms with Crippen LogP contribution in [0.25, 0.3) is 0 Å². The Kier molecular flexibility index (Phi) is 1.92. The van der Waals surface area contributed by atoms with Crippen LogP contribution in [0.4, 0.5) is 8.78 Å². The number of fused-ring (bicyclic) bond motifs is 1. The molecule has 1 aliphatic rings. The third-order valence-electron chi connectivity index (χ3n) is 1.95. The first kappa shape index (κ1) is 9.09. The highest BCUT2D eigenvalue weighted by Crippen LogP contribution is 2.43. The van der Waals surface area contributed by atoms with Crippen molar-refractivity contribution in [3.8, 4) is 0 Å². The molecule has 2 nitrogen and oxygen atoms in total. The van der Waals surface area contributed by atoms with Crippen LogP contribution >= 0.6 is 23.2 Å². The Morgan fingerprint density at radius 1 is 1.23 bits per heavy atom. The fourth-order valence-electron chi connectivity index (χ4n) is 1.39. The van der Waals surface area contributed by atoms with Crippen LogP contribution in [0.2, 0.25) is 10.4 Å². The number of nitrogens with zero attached hydrogens (tertiary/aromatic N) is 2. The second kappa shape index (κ2) is 2.75. The lowest BCUT2D eigenvalue weighted by Crippen LogP contribution is -2.09. The van der Waals surface area contributed by atoms with Gasteiger partial charge in [-0.3, -0.25) is 0 Å². The number of rotatable bonds is 0. The second-order valence-corrected chi connectivity index (χ2v) is 3.51. The van der Waals surface area contributed by atoms with E-state index in [4.69, 9.17) is 23.2 Å². The van der Waals surface area contributed by atoms with E-state index in [1.807, 2.05) is 0 Å². The van der Waals surface area contributed by atoms with Crippen LogP contribution in [-0.2, 0) is 12.3 Å². The van der Waals surface area contributed by atoms with Crippen LogP contribution in [0.15, 0.2) is 0 Å². The van der Waals surface area contributed by atoms with E-state index in [1.165, 1.54) is 0 Å². The Balaban J connectivity index is 2.65. The molecular formula is C7H4Cl2F2N2. The third-order valence-corrected chi connectivity index (χ3v) is 2.40. The molecule has 0 spiro atoms. The monoisotopic (exact) mass is 224 g/mol. The number of hydrogen-bond acceptors (Lipinski definition) is 2. The van der Waals surface area contributed by atoms with E-state index in [0.29, 0.717) is 0 Å². The first-order chi connectivity index (χ1) is 6.00. The van der Waals surface area contributed by atoms with Gasteiger partial charge in [-0.25, -0.2) is 18.7 Å². The van der Waals surface area contributed by atoms with Gasteiger partial charge < -0.3 is 0 Å². The topological polar surface area (TPSA) is 25.8 Å². The average molecular weight is 225 g/mol. The van der Waals surface area contributed by atoms with Gasteiger partial charge in [0.2, 0.25) is 5.28 Å². The summed E-state index contributed by atoms with van der Waals surface area (Å²) in [6.45, 7) is 0. The fourth-order valence-corrected chi connectivity index (χ4v) is 1.95. The Labute approximate surface area is 82.9 Å². The van der Waals surface area contributed by atoms with E-state index in [1.54, 1.807) is 0 Å². The molecule has 2 rings (SSSR count). The summed E-state index contributed by atoms with van der Waals surface area (Å²) in [4.78, 5) is 7.18. The second-order valence-electron chi connectivity index (χ2n) is 2.81. The lowest BCUT2D eigenvalue weighted by molar-refractivity contribution is -0.00203. The van der Waals surface area contributed by atoms with E-state index in [0.717, 1.165) is 0 Å².